The van der Waals surface area contributed by atoms with Crippen LogP contribution in [0.3, 0.4) is 0 Å². The second kappa shape index (κ2) is 12.4. The molecular weight excluding hydrogens is 418 g/mol. The van der Waals surface area contributed by atoms with Crippen LogP contribution in [-0.2, 0) is 30.4 Å². The predicted molar refractivity (Wildman–Crippen MR) is 116 cm³/mol. The molecule has 3 amide bonds. The standard InChI is InChI=1S/C22H31N3O7/c1-12(2)18(22(31)32)25-21(30)16(11-17(26)27)24-20(29)15(23-19(28)13(3)4)10-14-8-6-5-7-9-14/h5-9,12-13,15-16,18H,10-11H2,1-4H3,(H,23,28)(H,24,29)(H,25,30)(H,26,27)(H,31,32)/t15-,16-,18?/m0/s1. The lowest BCUT2D eigenvalue weighted by Gasteiger charge is -2.25. The molecule has 0 fully saturated rings. The Morgan fingerprint density at radius 3 is 1.78 bits per heavy atom. The van der Waals surface area contributed by atoms with Crippen LogP contribution in [0.5, 0.6) is 0 Å². The van der Waals surface area contributed by atoms with E-state index in [-0.39, 0.29) is 12.3 Å². The monoisotopic (exact) mass is 449 g/mol. The van der Waals surface area contributed by atoms with Crippen molar-refractivity contribution in [3.05, 3.63) is 35.9 Å². The molecule has 1 aromatic carbocycles. The average Bonchev–Trinajstić information content (AvgIpc) is 2.70. The minimum Gasteiger partial charge on any atom is -0.481 e. The topological polar surface area (TPSA) is 162 Å². The lowest BCUT2D eigenvalue weighted by atomic mass is 10.0. The maximum absolute atomic E-state index is 12.9. The van der Waals surface area contributed by atoms with E-state index < -0.39 is 60.1 Å². The SMILES string of the molecule is CC(C)C(=O)N[C@@H](Cc1ccccc1)C(=O)N[C@@H](CC(=O)O)C(=O)NC(C(=O)O)C(C)C. The van der Waals surface area contributed by atoms with Gasteiger partial charge in [0.1, 0.15) is 18.1 Å². The number of carboxylic acid groups (broad SMARTS) is 2. The molecule has 10 heteroatoms. The highest BCUT2D eigenvalue weighted by Crippen LogP contribution is 2.07. The normalized spacial score (nSPS) is 13.7. The van der Waals surface area contributed by atoms with Crippen molar-refractivity contribution in [2.24, 2.45) is 11.8 Å². The summed E-state index contributed by atoms with van der Waals surface area (Å²) in [4.78, 5) is 60.4. The van der Waals surface area contributed by atoms with Crippen LogP contribution in [-0.4, -0.2) is 58.0 Å². The van der Waals surface area contributed by atoms with E-state index in [0.29, 0.717) is 0 Å². The Bertz CT molecular complexity index is 824. The van der Waals surface area contributed by atoms with Crippen molar-refractivity contribution in [3.8, 4) is 0 Å². The number of carbonyl (C=O) groups excluding carboxylic acids is 3. The first-order valence-corrected chi connectivity index (χ1v) is 10.3. The summed E-state index contributed by atoms with van der Waals surface area (Å²) in [5, 5.41) is 25.7. The number of aliphatic carboxylic acids is 2. The molecule has 176 valence electrons. The van der Waals surface area contributed by atoms with E-state index in [9.17, 15) is 34.2 Å². The minimum atomic E-state index is -1.52. The maximum atomic E-state index is 12.9. The fourth-order valence-corrected chi connectivity index (χ4v) is 2.82. The Morgan fingerprint density at radius 2 is 1.31 bits per heavy atom. The highest BCUT2D eigenvalue weighted by Gasteiger charge is 2.32. The number of carboxylic acids is 2. The summed E-state index contributed by atoms with van der Waals surface area (Å²) < 4.78 is 0. The molecule has 0 aromatic heterocycles. The smallest absolute Gasteiger partial charge is 0.326 e. The molecule has 0 saturated heterocycles. The number of carbonyl (C=O) groups is 5. The molecule has 32 heavy (non-hydrogen) atoms. The second-order valence-corrected chi connectivity index (χ2v) is 8.13. The van der Waals surface area contributed by atoms with Crippen molar-refractivity contribution in [3.63, 3.8) is 0 Å². The van der Waals surface area contributed by atoms with Gasteiger partial charge < -0.3 is 26.2 Å². The third kappa shape index (κ3) is 8.75. The van der Waals surface area contributed by atoms with Gasteiger partial charge >= 0.3 is 11.9 Å². The van der Waals surface area contributed by atoms with Crippen molar-refractivity contribution in [1.82, 2.24) is 16.0 Å². The Balaban J connectivity index is 3.07. The van der Waals surface area contributed by atoms with Gasteiger partial charge in [0.2, 0.25) is 17.7 Å². The predicted octanol–water partition coefficient (Wildman–Crippen LogP) is 0.555. The van der Waals surface area contributed by atoms with Crippen molar-refractivity contribution in [1.29, 1.82) is 0 Å². The van der Waals surface area contributed by atoms with Crippen LogP contribution in [0.25, 0.3) is 0 Å². The number of nitrogens with one attached hydrogen (secondary N) is 3. The third-order valence-corrected chi connectivity index (χ3v) is 4.68. The molecule has 0 spiro atoms. The first kappa shape index (κ1) is 26.6. The van der Waals surface area contributed by atoms with Gasteiger partial charge in [0.25, 0.3) is 0 Å². The van der Waals surface area contributed by atoms with E-state index in [1.165, 1.54) is 0 Å². The van der Waals surface area contributed by atoms with Gasteiger partial charge in [0, 0.05) is 12.3 Å². The molecular formula is C22H31N3O7. The van der Waals surface area contributed by atoms with Crippen molar-refractivity contribution in [2.75, 3.05) is 0 Å². The molecule has 1 rings (SSSR count). The van der Waals surface area contributed by atoms with Gasteiger partial charge in [0.15, 0.2) is 0 Å². The van der Waals surface area contributed by atoms with Gasteiger partial charge in [-0.3, -0.25) is 19.2 Å². The van der Waals surface area contributed by atoms with Gasteiger partial charge in [0.05, 0.1) is 6.42 Å². The minimum absolute atomic E-state index is 0.121. The zero-order valence-corrected chi connectivity index (χ0v) is 18.6. The summed E-state index contributed by atoms with van der Waals surface area (Å²) in [5.74, 6) is -5.56. The van der Waals surface area contributed by atoms with E-state index in [1.54, 1.807) is 58.0 Å². The van der Waals surface area contributed by atoms with Crippen LogP contribution in [0.2, 0.25) is 0 Å². The fraction of sp³-hybridized carbons (Fsp3) is 0.500. The average molecular weight is 450 g/mol. The molecule has 0 aliphatic carbocycles. The quantitative estimate of drug-likeness (QED) is 0.311. The Kier molecular flexibility index (Phi) is 10.3. The third-order valence-electron chi connectivity index (χ3n) is 4.68. The molecule has 5 N–H and O–H groups in total. The number of hydrogen-bond donors (Lipinski definition) is 5. The van der Waals surface area contributed by atoms with Crippen LogP contribution in [0.4, 0.5) is 0 Å². The molecule has 1 aromatic rings. The summed E-state index contributed by atoms with van der Waals surface area (Å²) in [6.45, 7) is 6.49. The largest absolute Gasteiger partial charge is 0.481 e. The summed E-state index contributed by atoms with van der Waals surface area (Å²) in [7, 11) is 0. The zero-order chi connectivity index (χ0) is 24.4. The van der Waals surface area contributed by atoms with E-state index in [2.05, 4.69) is 16.0 Å². The summed E-state index contributed by atoms with van der Waals surface area (Å²) >= 11 is 0. The van der Waals surface area contributed by atoms with Crippen molar-refractivity contribution >= 4 is 29.7 Å². The van der Waals surface area contributed by atoms with Crippen LogP contribution in [0.15, 0.2) is 30.3 Å². The Morgan fingerprint density at radius 1 is 0.781 bits per heavy atom. The van der Waals surface area contributed by atoms with Crippen LogP contribution >= 0.6 is 0 Å². The zero-order valence-electron chi connectivity index (χ0n) is 18.6. The van der Waals surface area contributed by atoms with Gasteiger partial charge in [-0.2, -0.15) is 0 Å². The van der Waals surface area contributed by atoms with E-state index >= 15 is 0 Å². The molecule has 0 aliphatic heterocycles. The molecule has 0 heterocycles. The molecule has 0 aliphatic rings. The molecule has 3 atom stereocenters. The highest BCUT2D eigenvalue weighted by atomic mass is 16.4. The fourth-order valence-electron chi connectivity index (χ4n) is 2.82. The Hall–Kier alpha value is -3.43. The van der Waals surface area contributed by atoms with Crippen molar-refractivity contribution < 1.29 is 34.2 Å². The molecule has 0 bridgehead atoms. The van der Waals surface area contributed by atoms with Crippen LogP contribution < -0.4 is 16.0 Å². The number of hydrogen-bond acceptors (Lipinski definition) is 5. The lowest BCUT2D eigenvalue weighted by molar-refractivity contribution is -0.144. The molecule has 1 unspecified atom stereocenters. The number of benzene rings is 1. The lowest BCUT2D eigenvalue weighted by Crippen LogP contribution is -2.57. The van der Waals surface area contributed by atoms with Gasteiger partial charge in [-0.05, 0) is 11.5 Å². The summed E-state index contributed by atoms with van der Waals surface area (Å²) in [6, 6.07) is 5.04. The van der Waals surface area contributed by atoms with E-state index in [0.717, 1.165) is 5.56 Å². The van der Waals surface area contributed by atoms with Crippen molar-refractivity contribution in [2.45, 2.75) is 58.7 Å². The summed E-state index contributed by atoms with van der Waals surface area (Å²) in [6.07, 6.45) is -0.630. The second-order valence-electron chi connectivity index (χ2n) is 8.13. The molecule has 0 saturated carbocycles. The summed E-state index contributed by atoms with van der Waals surface area (Å²) in [5.41, 5.74) is 0.752. The van der Waals surface area contributed by atoms with Crippen LogP contribution in [0.1, 0.15) is 39.7 Å². The van der Waals surface area contributed by atoms with Gasteiger partial charge in [-0.1, -0.05) is 58.0 Å². The van der Waals surface area contributed by atoms with Gasteiger partial charge in [-0.15, -0.1) is 0 Å². The first-order valence-electron chi connectivity index (χ1n) is 10.3. The number of amides is 3. The molecule has 0 radical (unpaired) electrons. The highest BCUT2D eigenvalue weighted by molar-refractivity contribution is 5.95. The van der Waals surface area contributed by atoms with E-state index in [4.69, 9.17) is 0 Å². The van der Waals surface area contributed by atoms with Crippen LogP contribution in [0, 0.1) is 11.8 Å². The molecule has 10 nitrogen and oxygen atoms in total. The first-order chi connectivity index (χ1) is 14.9. The van der Waals surface area contributed by atoms with Gasteiger partial charge in [-0.25, -0.2) is 4.79 Å². The Labute approximate surface area is 186 Å². The maximum Gasteiger partial charge on any atom is 0.326 e. The number of rotatable bonds is 12. The van der Waals surface area contributed by atoms with E-state index in [1.807, 2.05) is 0 Å².